The van der Waals surface area contributed by atoms with Gasteiger partial charge >= 0.3 is 0 Å². The second-order valence-electron chi connectivity index (χ2n) is 5.13. The van der Waals surface area contributed by atoms with Crippen LogP contribution in [0.15, 0.2) is 42.7 Å². The molecule has 1 aliphatic rings. The molecule has 1 unspecified atom stereocenters. The Morgan fingerprint density at radius 2 is 2.20 bits per heavy atom. The van der Waals surface area contributed by atoms with Crippen LogP contribution in [0.5, 0.6) is 0 Å². The standard InChI is InChI=1S/C16H16N4/c1-20-10-12-4-2-3-5-14(12)16(11-20)19-15-6-7-18-9-13(15)8-17/h2-7,9,16H,10-11H2,1H3,(H,18,19). The Bertz CT molecular complexity index is 660. The van der Waals surface area contributed by atoms with Crippen LogP contribution in [-0.4, -0.2) is 23.5 Å². The van der Waals surface area contributed by atoms with Crippen molar-refractivity contribution in [1.29, 1.82) is 5.26 Å². The maximum Gasteiger partial charge on any atom is 0.103 e. The third-order valence-corrected chi connectivity index (χ3v) is 3.64. The van der Waals surface area contributed by atoms with E-state index in [9.17, 15) is 0 Å². The van der Waals surface area contributed by atoms with Gasteiger partial charge in [-0.05, 0) is 24.2 Å². The average molecular weight is 264 g/mol. The van der Waals surface area contributed by atoms with Crippen molar-refractivity contribution in [1.82, 2.24) is 9.88 Å². The van der Waals surface area contributed by atoms with Gasteiger partial charge < -0.3 is 5.32 Å². The molecule has 2 heterocycles. The minimum Gasteiger partial charge on any atom is -0.376 e. The summed E-state index contributed by atoms with van der Waals surface area (Å²) in [4.78, 5) is 6.28. The van der Waals surface area contributed by atoms with E-state index < -0.39 is 0 Å². The summed E-state index contributed by atoms with van der Waals surface area (Å²) in [6.07, 6.45) is 3.31. The number of aromatic nitrogens is 1. The lowest BCUT2D eigenvalue weighted by atomic mass is 9.95. The van der Waals surface area contributed by atoms with Gasteiger partial charge in [-0.15, -0.1) is 0 Å². The quantitative estimate of drug-likeness (QED) is 0.905. The Kier molecular flexibility index (Phi) is 3.36. The van der Waals surface area contributed by atoms with Crippen LogP contribution >= 0.6 is 0 Å². The second-order valence-corrected chi connectivity index (χ2v) is 5.13. The number of rotatable bonds is 2. The van der Waals surface area contributed by atoms with Crippen LogP contribution in [0.25, 0.3) is 0 Å². The molecule has 0 amide bonds. The topological polar surface area (TPSA) is 52.0 Å². The first-order valence-electron chi connectivity index (χ1n) is 6.65. The third-order valence-electron chi connectivity index (χ3n) is 3.64. The second kappa shape index (κ2) is 5.32. The van der Waals surface area contributed by atoms with E-state index in [1.807, 2.05) is 6.07 Å². The zero-order valence-electron chi connectivity index (χ0n) is 11.4. The summed E-state index contributed by atoms with van der Waals surface area (Å²) in [6, 6.07) is 12.7. The van der Waals surface area contributed by atoms with Gasteiger partial charge in [-0.1, -0.05) is 24.3 Å². The van der Waals surface area contributed by atoms with Crippen LogP contribution in [0.3, 0.4) is 0 Å². The molecule has 1 atom stereocenters. The average Bonchev–Trinajstić information content (AvgIpc) is 2.47. The fourth-order valence-corrected chi connectivity index (χ4v) is 2.70. The zero-order valence-corrected chi connectivity index (χ0v) is 11.4. The first-order chi connectivity index (χ1) is 9.78. The number of nitriles is 1. The molecule has 1 N–H and O–H groups in total. The SMILES string of the molecule is CN1Cc2ccccc2C(Nc2ccncc2C#N)C1. The minimum absolute atomic E-state index is 0.194. The maximum atomic E-state index is 9.15. The fraction of sp³-hybridized carbons (Fsp3) is 0.250. The number of nitrogens with zero attached hydrogens (tertiary/aromatic N) is 3. The highest BCUT2D eigenvalue weighted by molar-refractivity contribution is 5.57. The Hall–Kier alpha value is -2.38. The number of nitrogens with one attached hydrogen (secondary N) is 1. The highest BCUT2D eigenvalue weighted by Crippen LogP contribution is 2.29. The van der Waals surface area contributed by atoms with Crippen LogP contribution in [0.1, 0.15) is 22.7 Å². The molecule has 1 aliphatic heterocycles. The number of anilines is 1. The number of hydrogen-bond acceptors (Lipinski definition) is 4. The lowest BCUT2D eigenvalue weighted by Crippen LogP contribution is -2.34. The summed E-state index contributed by atoms with van der Waals surface area (Å²) in [5, 5.41) is 12.6. The third kappa shape index (κ3) is 2.36. The van der Waals surface area contributed by atoms with Gasteiger partial charge in [-0.25, -0.2) is 0 Å². The molecule has 100 valence electrons. The highest BCUT2D eigenvalue weighted by Gasteiger charge is 2.23. The van der Waals surface area contributed by atoms with Crippen molar-refractivity contribution in [3.8, 4) is 6.07 Å². The summed E-state index contributed by atoms with van der Waals surface area (Å²) in [5.74, 6) is 0. The van der Waals surface area contributed by atoms with Gasteiger partial charge in [0, 0.05) is 25.5 Å². The monoisotopic (exact) mass is 264 g/mol. The molecule has 1 aromatic heterocycles. The Morgan fingerprint density at radius 1 is 1.35 bits per heavy atom. The minimum atomic E-state index is 0.194. The van der Waals surface area contributed by atoms with Gasteiger partial charge in [0.15, 0.2) is 0 Å². The first kappa shape index (κ1) is 12.6. The molecule has 0 radical (unpaired) electrons. The fourth-order valence-electron chi connectivity index (χ4n) is 2.70. The maximum absolute atomic E-state index is 9.15. The normalized spacial score (nSPS) is 18.1. The lowest BCUT2D eigenvalue weighted by Gasteiger charge is -2.33. The Balaban J connectivity index is 1.93. The van der Waals surface area contributed by atoms with Gasteiger partial charge in [0.1, 0.15) is 6.07 Å². The smallest absolute Gasteiger partial charge is 0.103 e. The molecule has 0 saturated heterocycles. The van der Waals surface area contributed by atoms with Crippen LogP contribution in [0, 0.1) is 11.3 Å². The van der Waals surface area contributed by atoms with E-state index in [4.69, 9.17) is 5.26 Å². The van der Waals surface area contributed by atoms with E-state index in [2.05, 4.69) is 52.6 Å². The summed E-state index contributed by atoms with van der Waals surface area (Å²) < 4.78 is 0. The van der Waals surface area contributed by atoms with Gasteiger partial charge in [-0.2, -0.15) is 5.26 Å². The molecule has 3 rings (SSSR count). The molecule has 0 fully saturated rings. The van der Waals surface area contributed by atoms with E-state index in [1.165, 1.54) is 11.1 Å². The van der Waals surface area contributed by atoms with Crippen molar-refractivity contribution in [3.63, 3.8) is 0 Å². The summed E-state index contributed by atoms with van der Waals surface area (Å²) >= 11 is 0. The van der Waals surface area contributed by atoms with E-state index in [0.717, 1.165) is 18.8 Å². The van der Waals surface area contributed by atoms with E-state index in [-0.39, 0.29) is 6.04 Å². The lowest BCUT2D eigenvalue weighted by molar-refractivity contribution is 0.291. The van der Waals surface area contributed by atoms with Crippen molar-refractivity contribution in [2.75, 3.05) is 18.9 Å². The Morgan fingerprint density at radius 3 is 3.05 bits per heavy atom. The molecule has 0 bridgehead atoms. The van der Waals surface area contributed by atoms with Gasteiger partial charge in [0.2, 0.25) is 0 Å². The van der Waals surface area contributed by atoms with Crippen molar-refractivity contribution in [2.24, 2.45) is 0 Å². The van der Waals surface area contributed by atoms with E-state index in [0.29, 0.717) is 5.56 Å². The highest BCUT2D eigenvalue weighted by atomic mass is 15.1. The predicted molar refractivity (Wildman–Crippen MR) is 78.1 cm³/mol. The van der Waals surface area contributed by atoms with Crippen LogP contribution in [0.2, 0.25) is 0 Å². The first-order valence-corrected chi connectivity index (χ1v) is 6.65. The van der Waals surface area contributed by atoms with Crippen molar-refractivity contribution in [2.45, 2.75) is 12.6 Å². The molecule has 0 aliphatic carbocycles. The van der Waals surface area contributed by atoms with Crippen molar-refractivity contribution in [3.05, 3.63) is 59.4 Å². The number of hydrogen-bond donors (Lipinski definition) is 1. The van der Waals surface area contributed by atoms with Crippen LogP contribution in [-0.2, 0) is 6.54 Å². The van der Waals surface area contributed by atoms with Crippen molar-refractivity contribution < 1.29 is 0 Å². The number of pyridine rings is 1. The molecular weight excluding hydrogens is 248 g/mol. The molecule has 2 aromatic rings. The van der Waals surface area contributed by atoms with Crippen molar-refractivity contribution >= 4 is 5.69 Å². The number of fused-ring (bicyclic) bond motifs is 1. The Labute approximate surface area is 118 Å². The van der Waals surface area contributed by atoms with Gasteiger partial charge in [-0.3, -0.25) is 9.88 Å². The molecule has 0 spiro atoms. The number of benzene rings is 1. The summed E-state index contributed by atoms with van der Waals surface area (Å²) in [6.45, 7) is 1.89. The molecule has 20 heavy (non-hydrogen) atoms. The van der Waals surface area contributed by atoms with Crippen LogP contribution < -0.4 is 5.32 Å². The molecule has 0 saturated carbocycles. The molecule has 1 aromatic carbocycles. The van der Waals surface area contributed by atoms with Gasteiger partial charge in [0.25, 0.3) is 0 Å². The molecule has 4 nitrogen and oxygen atoms in total. The van der Waals surface area contributed by atoms with Gasteiger partial charge in [0.05, 0.1) is 17.3 Å². The summed E-state index contributed by atoms with van der Waals surface area (Å²) in [7, 11) is 2.11. The largest absolute Gasteiger partial charge is 0.376 e. The molecular formula is C16H16N4. The van der Waals surface area contributed by atoms with E-state index >= 15 is 0 Å². The summed E-state index contributed by atoms with van der Waals surface area (Å²) in [5.41, 5.74) is 4.08. The predicted octanol–water partition coefficient (Wildman–Crippen LogP) is 2.55. The molecule has 4 heteroatoms. The zero-order chi connectivity index (χ0) is 13.9. The number of likely N-dealkylation sites (N-methyl/N-ethyl adjacent to an activating group) is 1. The van der Waals surface area contributed by atoms with E-state index in [1.54, 1.807) is 12.4 Å². The van der Waals surface area contributed by atoms with Crippen LogP contribution in [0.4, 0.5) is 5.69 Å².